The molecule has 4 atom stereocenters. The first-order valence-electron chi connectivity index (χ1n) is 34.7. The predicted molar refractivity (Wildman–Crippen MR) is 392 cm³/mol. The SMILES string of the molecule is COC(C)(C)C(=O)N[C@@H](CCCCN)C(=O)COc1cc(C)nc(C)c1.COC(C)(C)C(=O)N[C@@H](CCCCN)C(=O)COc1cccnc1.NCCCC[C@H](NC(=O)c1cccnc1F)C(=O)COc1c(F)cccc1F.[N-]=[N+]=Nc1cccc(C(=O)N[C@@H](CCCCN)C(=O)COc2c(F)cccc2F)c1. The minimum Gasteiger partial charge on any atom is -0.486 e. The number of aryl methyl sites for hydroxylation is 2. The van der Waals surface area contributed by atoms with Gasteiger partial charge in [0.2, 0.25) is 5.95 Å². The summed E-state index contributed by atoms with van der Waals surface area (Å²) in [6, 6.07) is 18.7. The standard InChI is InChI=1S/C20H21F2N5O3.C19H20F3N3O3.C19H31N3O4.C17H27N3O4/c21-15-7-4-8-16(22)19(15)30-12-18(28)17(9-1-2-10-23)25-20(29)13-5-3-6-14(11-13)26-27-24;20-13-6-3-7-14(21)17(13)28-11-16(26)15(8-1-2-9-23)25-19(27)12-5-4-10-24-18(12)22;1-13-10-15(11-14(2)21-13)26-12-17(23)16(8-6-7-9-20)22-18(24)19(3,4)25-5;1-17(2,23-3)16(22)20-14(8-4-5-9-18)15(21)12-24-13-7-6-10-19-11-13/h3-8,11,17H,1-2,9-10,12,23H2,(H,25,29);3-7,10,15H,1-2,8-9,11,23H2,(H,25,27);10-11,16H,6-9,12,20H2,1-5H3,(H,22,24);6-7,10-11,14H,4-5,8-9,12,18H2,1-3H3,(H,20,22)/t17-;15-;16-;14-/m0000/s1. The second-order valence-electron chi connectivity index (χ2n) is 25.1. The van der Waals surface area contributed by atoms with E-state index in [1.807, 2.05) is 13.8 Å². The molecule has 0 aliphatic carbocycles. The molecular weight excluding hydrogens is 1420 g/mol. The van der Waals surface area contributed by atoms with Gasteiger partial charge in [-0.3, -0.25) is 48.3 Å². The van der Waals surface area contributed by atoms with E-state index in [1.165, 1.54) is 69.1 Å². The molecule has 3 aromatic carbocycles. The van der Waals surface area contributed by atoms with E-state index >= 15 is 0 Å². The van der Waals surface area contributed by atoms with Gasteiger partial charge in [-0.05, 0) is 211 Å². The van der Waals surface area contributed by atoms with Crippen molar-refractivity contribution in [1.82, 2.24) is 36.2 Å². The molecule has 0 saturated carbocycles. The maximum Gasteiger partial charge on any atom is 0.256 e. The van der Waals surface area contributed by atoms with Crippen molar-refractivity contribution >= 4 is 52.4 Å². The van der Waals surface area contributed by atoms with Crippen molar-refractivity contribution in [3.8, 4) is 23.0 Å². The molecule has 0 unspecified atom stereocenters. The summed E-state index contributed by atoms with van der Waals surface area (Å²) in [5, 5.41) is 14.0. The van der Waals surface area contributed by atoms with Crippen molar-refractivity contribution in [2.75, 3.05) is 66.8 Å². The van der Waals surface area contributed by atoms with Gasteiger partial charge in [0.05, 0.1) is 35.9 Å². The number of ether oxygens (including phenoxy) is 6. The molecule has 0 radical (unpaired) electrons. The summed E-state index contributed by atoms with van der Waals surface area (Å²) in [5.74, 6) is -8.56. The minimum atomic E-state index is -1.03. The summed E-state index contributed by atoms with van der Waals surface area (Å²) >= 11 is 0. The summed E-state index contributed by atoms with van der Waals surface area (Å²) in [6.07, 6.45) is 11.2. The van der Waals surface area contributed by atoms with Gasteiger partial charge in [0.25, 0.3) is 23.6 Å². The first-order valence-corrected chi connectivity index (χ1v) is 34.7. The number of hydrogen-bond acceptors (Lipinski definition) is 22. The maximum absolute atomic E-state index is 13.7. The third kappa shape index (κ3) is 33.6. The van der Waals surface area contributed by atoms with Crippen LogP contribution in [0.15, 0.2) is 121 Å². The first kappa shape index (κ1) is 91.8. The van der Waals surface area contributed by atoms with Gasteiger partial charge in [0, 0.05) is 66.3 Å². The van der Waals surface area contributed by atoms with Crippen LogP contribution in [0.5, 0.6) is 23.0 Å². The van der Waals surface area contributed by atoms with Crippen molar-refractivity contribution in [1.29, 1.82) is 0 Å². The Morgan fingerprint density at radius 1 is 0.491 bits per heavy atom. The Hall–Kier alpha value is -10.4. The van der Waals surface area contributed by atoms with Gasteiger partial charge in [-0.1, -0.05) is 29.4 Å². The van der Waals surface area contributed by atoms with Crippen LogP contribution in [-0.4, -0.2) is 164 Å². The van der Waals surface area contributed by atoms with Gasteiger partial charge >= 0.3 is 0 Å². The number of ketones is 4. The number of carbonyl (C=O) groups excluding carboxylic acids is 8. The molecule has 28 nitrogen and oxygen atoms in total. The van der Waals surface area contributed by atoms with E-state index in [-0.39, 0.29) is 66.3 Å². The number of amides is 4. The molecule has 4 amide bonds. The van der Waals surface area contributed by atoms with Crippen molar-refractivity contribution in [3.05, 3.63) is 178 Å². The number of hydrogen-bond donors (Lipinski definition) is 8. The van der Waals surface area contributed by atoms with E-state index < -0.39 is 113 Å². The lowest BCUT2D eigenvalue weighted by atomic mass is 10.0. The number of aromatic nitrogens is 3. The zero-order chi connectivity index (χ0) is 80.2. The zero-order valence-electron chi connectivity index (χ0n) is 62.0. The van der Waals surface area contributed by atoms with E-state index in [2.05, 4.69) is 46.2 Å². The summed E-state index contributed by atoms with van der Waals surface area (Å²) in [6.45, 7) is 10.7. The van der Waals surface area contributed by atoms with Crippen LogP contribution in [0.2, 0.25) is 0 Å². The minimum absolute atomic E-state index is 0.121. The van der Waals surface area contributed by atoms with Gasteiger partial charge in [0.1, 0.15) is 49.1 Å². The predicted octanol–water partition coefficient (Wildman–Crippen LogP) is 8.91. The largest absolute Gasteiger partial charge is 0.486 e. The van der Waals surface area contributed by atoms with Gasteiger partial charge in [-0.25, -0.2) is 22.5 Å². The average molecular weight is 1520 g/mol. The van der Waals surface area contributed by atoms with E-state index in [1.54, 1.807) is 58.2 Å². The number of pyridine rings is 3. The Bertz CT molecular complexity index is 3840. The quantitative estimate of drug-likeness (QED) is 0.00442. The number of benzene rings is 3. The second-order valence-corrected chi connectivity index (χ2v) is 25.1. The summed E-state index contributed by atoms with van der Waals surface area (Å²) in [7, 11) is 2.92. The monoisotopic (exact) mass is 1510 g/mol. The number of para-hydroxylation sites is 2. The highest BCUT2D eigenvalue weighted by molar-refractivity contribution is 5.99. The molecule has 0 aliphatic rings. The molecule has 6 aromatic rings. The molecule has 0 fully saturated rings. The van der Waals surface area contributed by atoms with Gasteiger partial charge in [-0.15, -0.1) is 0 Å². The Morgan fingerprint density at radius 2 is 0.880 bits per heavy atom. The molecule has 108 heavy (non-hydrogen) atoms. The molecule has 0 bridgehead atoms. The number of rotatable bonds is 43. The fraction of sp³-hybridized carbons (Fsp3) is 0.453. The molecule has 0 spiro atoms. The van der Waals surface area contributed by atoms with E-state index in [4.69, 9.17) is 56.9 Å². The Morgan fingerprint density at radius 3 is 1.27 bits per heavy atom. The number of carbonyl (C=O) groups is 8. The number of methoxy groups -OCH3 is 2. The van der Waals surface area contributed by atoms with E-state index in [9.17, 15) is 60.3 Å². The van der Waals surface area contributed by atoms with E-state index in [0.717, 1.165) is 67.4 Å². The number of nitrogens with two attached hydrogens (primary N) is 4. The Labute approximate surface area is 624 Å². The van der Waals surface area contributed by atoms with Crippen LogP contribution in [0.4, 0.5) is 27.6 Å². The van der Waals surface area contributed by atoms with Gasteiger partial charge in [-0.2, -0.15) is 4.39 Å². The molecule has 0 aliphatic heterocycles. The maximum atomic E-state index is 13.7. The lowest BCUT2D eigenvalue weighted by Gasteiger charge is -2.25. The molecule has 12 N–H and O–H groups in total. The number of Topliss-reactive ketones (excluding diaryl/α,β-unsaturated/α-hetero) is 4. The van der Waals surface area contributed by atoms with Crippen LogP contribution in [0.1, 0.15) is 137 Å². The number of nitrogens with one attached hydrogen (secondary N) is 4. The van der Waals surface area contributed by atoms with Crippen molar-refractivity contribution < 1.29 is 88.7 Å². The number of nitrogens with zero attached hydrogens (tertiary/aromatic N) is 6. The molecule has 6 rings (SSSR count). The Kier molecular flexibility index (Phi) is 42.0. The highest BCUT2D eigenvalue weighted by atomic mass is 19.1. The van der Waals surface area contributed by atoms with Crippen LogP contribution in [-0.2, 0) is 38.2 Å². The highest BCUT2D eigenvalue weighted by Crippen LogP contribution is 2.24. The molecule has 588 valence electrons. The van der Waals surface area contributed by atoms with Crippen LogP contribution >= 0.6 is 0 Å². The third-order valence-corrected chi connectivity index (χ3v) is 16.0. The van der Waals surface area contributed by atoms with Crippen molar-refractivity contribution in [2.45, 2.75) is 154 Å². The normalized spacial score (nSPS) is 12.0. The van der Waals surface area contributed by atoms with E-state index in [0.29, 0.717) is 76.2 Å². The fourth-order valence-corrected chi connectivity index (χ4v) is 9.42. The summed E-state index contributed by atoms with van der Waals surface area (Å²) in [4.78, 5) is 114. The molecule has 33 heteroatoms. The van der Waals surface area contributed by atoms with Crippen LogP contribution in [0, 0.1) is 43.1 Å². The molecule has 0 saturated heterocycles. The summed E-state index contributed by atoms with van der Waals surface area (Å²) in [5.41, 5.74) is 30.2. The highest BCUT2D eigenvalue weighted by Gasteiger charge is 2.33. The molecular formula is C75H99F5N14O14. The topological polar surface area (TPSA) is 432 Å². The summed E-state index contributed by atoms with van der Waals surface area (Å²) < 4.78 is 99.7. The third-order valence-electron chi connectivity index (χ3n) is 16.0. The second kappa shape index (κ2) is 49.5. The van der Waals surface area contributed by atoms with Gasteiger partial charge < -0.3 is 72.6 Å². The Balaban J connectivity index is 0.000000375. The number of halogens is 5. The van der Waals surface area contributed by atoms with Crippen LogP contribution in [0.25, 0.3) is 10.4 Å². The smallest absolute Gasteiger partial charge is 0.256 e. The van der Waals surface area contributed by atoms with Crippen molar-refractivity contribution in [2.24, 2.45) is 28.0 Å². The van der Waals surface area contributed by atoms with Crippen molar-refractivity contribution in [3.63, 3.8) is 0 Å². The number of azide groups is 1. The molecule has 3 aromatic heterocycles. The van der Waals surface area contributed by atoms with Crippen LogP contribution < -0.4 is 63.1 Å². The van der Waals surface area contributed by atoms with Crippen LogP contribution in [0.3, 0.4) is 0 Å². The average Bonchev–Trinajstić information content (AvgIpc) is 0.877. The lowest BCUT2D eigenvalue weighted by molar-refractivity contribution is -0.142. The zero-order valence-corrected chi connectivity index (χ0v) is 62.0. The van der Waals surface area contributed by atoms with Gasteiger partial charge in [0.15, 0.2) is 57.9 Å². The fourth-order valence-electron chi connectivity index (χ4n) is 9.42. The lowest BCUT2D eigenvalue weighted by Crippen LogP contribution is -2.51. The number of unbranched alkanes of at least 4 members (excludes halogenated alkanes) is 4. The molecule has 3 heterocycles. The first-order chi connectivity index (χ1) is 51.5.